The quantitative estimate of drug-likeness (QED) is 0.454. The van der Waals surface area contributed by atoms with Gasteiger partial charge < -0.3 is 19.9 Å². The highest BCUT2D eigenvalue weighted by atomic mass is 16.6. The van der Waals surface area contributed by atoms with E-state index in [0.717, 1.165) is 5.56 Å². The molecule has 0 bridgehead atoms. The van der Waals surface area contributed by atoms with Crippen LogP contribution < -0.4 is 5.32 Å². The van der Waals surface area contributed by atoms with Crippen LogP contribution in [0.15, 0.2) is 30.3 Å². The van der Waals surface area contributed by atoms with Crippen molar-refractivity contribution in [2.24, 2.45) is 0 Å². The molecule has 6 nitrogen and oxygen atoms in total. The summed E-state index contributed by atoms with van der Waals surface area (Å²) < 4.78 is 9.56. The van der Waals surface area contributed by atoms with Gasteiger partial charge in [0.15, 0.2) is 6.29 Å². The summed E-state index contributed by atoms with van der Waals surface area (Å²) in [5.74, 6) is -0.611. The first-order valence-corrected chi connectivity index (χ1v) is 6.01. The molecular weight excluding hydrogens is 250 g/mol. The first-order valence-electron chi connectivity index (χ1n) is 6.01. The van der Waals surface area contributed by atoms with Crippen LogP contribution in [0.1, 0.15) is 18.4 Å². The zero-order valence-corrected chi connectivity index (χ0v) is 10.2. The van der Waals surface area contributed by atoms with Gasteiger partial charge in [0.2, 0.25) is 0 Å². The van der Waals surface area contributed by atoms with Crippen molar-refractivity contribution in [1.29, 1.82) is 0 Å². The molecule has 1 aliphatic heterocycles. The number of carbonyl (C=O) groups excluding carboxylic acids is 2. The van der Waals surface area contributed by atoms with Crippen molar-refractivity contribution in [2.45, 2.75) is 31.8 Å². The minimum atomic E-state index is -0.981. The number of hydrogen-bond acceptors (Lipinski definition) is 5. The zero-order chi connectivity index (χ0) is 13.7. The van der Waals surface area contributed by atoms with E-state index < -0.39 is 24.4 Å². The van der Waals surface area contributed by atoms with E-state index in [1.54, 1.807) is 0 Å². The highest BCUT2D eigenvalue weighted by Crippen LogP contribution is 2.11. The monoisotopic (exact) mass is 265 g/mol. The third-order valence-electron chi connectivity index (χ3n) is 2.76. The number of amides is 1. The van der Waals surface area contributed by atoms with Gasteiger partial charge in [0.1, 0.15) is 6.04 Å². The second kappa shape index (κ2) is 6.31. The maximum atomic E-state index is 11.1. The standard InChI is InChI=1S/C13H15NO5/c15-11(18-8-9-4-2-1-3-5-9)7-6-10-12(16)19-13(17)14-10/h1-5,10-11,15H,6-8H2,(H,14,17). The summed E-state index contributed by atoms with van der Waals surface area (Å²) in [7, 11) is 0. The molecule has 2 rings (SSSR count). The van der Waals surface area contributed by atoms with Crippen LogP contribution in [-0.4, -0.2) is 29.5 Å². The average molecular weight is 265 g/mol. The Morgan fingerprint density at radius 2 is 2.05 bits per heavy atom. The Balaban J connectivity index is 1.69. The number of ether oxygens (including phenoxy) is 2. The van der Waals surface area contributed by atoms with Crippen molar-refractivity contribution >= 4 is 12.1 Å². The lowest BCUT2D eigenvalue weighted by Gasteiger charge is -2.13. The van der Waals surface area contributed by atoms with Crippen LogP contribution in [0.4, 0.5) is 4.79 Å². The van der Waals surface area contributed by atoms with Crippen LogP contribution >= 0.6 is 0 Å². The highest BCUT2D eigenvalue weighted by Gasteiger charge is 2.32. The fourth-order valence-corrected chi connectivity index (χ4v) is 1.74. The molecule has 1 aromatic carbocycles. The summed E-state index contributed by atoms with van der Waals surface area (Å²) in [6.45, 7) is 0.295. The molecule has 0 aromatic heterocycles. The number of benzene rings is 1. The van der Waals surface area contributed by atoms with Crippen LogP contribution in [0.3, 0.4) is 0 Å². The number of rotatable bonds is 6. The van der Waals surface area contributed by atoms with Crippen LogP contribution in [0.2, 0.25) is 0 Å². The maximum absolute atomic E-state index is 11.1. The van der Waals surface area contributed by atoms with Gasteiger partial charge in [-0.3, -0.25) is 0 Å². The van der Waals surface area contributed by atoms with E-state index in [9.17, 15) is 14.7 Å². The lowest BCUT2D eigenvalue weighted by atomic mass is 10.1. The van der Waals surface area contributed by atoms with Gasteiger partial charge in [-0.05, 0) is 12.0 Å². The molecule has 2 unspecified atom stereocenters. The van der Waals surface area contributed by atoms with E-state index in [0.29, 0.717) is 6.61 Å². The van der Waals surface area contributed by atoms with Crippen molar-refractivity contribution in [2.75, 3.05) is 0 Å². The number of nitrogens with one attached hydrogen (secondary N) is 1. The second-order valence-electron chi connectivity index (χ2n) is 4.23. The second-order valence-corrected chi connectivity index (χ2v) is 4.23. The Hall–Kier alpha value is -1.92. The molecular formula is C13H15NO5. The molecule has 2 N–H and O–H groups in total. The van der Waals surface area contributed by atoms with Gasteiger partial charge in [-0.25, -0.2) is 9.59 Å². The number of carbonyl (C=O) groups is 2. The molecule has 1 aliphatic rings. The molecule has 0 saturated carbocycles. The van der Waals surface area contributed by atoms with Gasteiger partial charge in [-0.15, -0.1) is 0 Å². The fourth-order valence-electron chi connectivity index (χ4n) is 1.74. The largest absolute Gasteiger partial charge is 0.415 e. The lowest BCUT2D eigenvalue weighted by Crippen LogP contribution is -2.30. The number of aliphatic hydroxyl groups excluding tert-OH is 1. The van der Waals surface area contributed by atoms with Gasteiger partial charge >= 0.3 is 12.1 Å². The minimum Gasteiger partial charge on any atom is -0.375 e. The summed E-state index contributed by atoms with van der Waals surface area (Å²) in [6, 6.07) is 8.75. The Morgan fingerprint density at radius 1 is 1.32 bits per heavy atom. The van der Waals surface area contributed by atoms with Gasteiger partial charge in [-0.2, -0.15) is 0 Å². The smallest absolute Gasteiger partial charge is 0.375 e. The molecule has 1 aromatic rings. The van der Waals surface area contributed by atoms with Gasteiger partial charge in [-0.1, -0.05) is 30.3 Å². The molecule has 19 heavy (non-hydrogen) atoms. The molecule has 0 aliphatic carbocycles. The van der Waals surface area contributed by atoms with E-state index in [2.05, 4.69) is 10.1 Å². The Bertz CT molecular complexity index is 448. The molecule has 1 heterocycles. The van der Waals surface area contributed by atoms with Crippen LogP contribution in [0, 0.1) is 0 Å². The number of esters is 1. The van der Waals surface area contributed by atoms with Crippen LogP contribution in [-0.2, 0) is 20.9 Å². The molecule has 0 radical (unpaired) electrons. The topological polar surface area (TPSA) is 84.9 Å². The van der Waals surface area contributed by atoms with Crippen LogP contribution in [0.5, 0.6) is 0 Å². The average Bonchev–Trinajstić information content (AvgIpc) is 2.73. The Morgan fingerprint density at radius 3 is 2.68 bits per heavy atom. The van der Waals surface area contributed by atoms with Crippen molar-refractivity contribution < 1.29 is 24.2 Å². The Kier molecular flexibility index (Phi) is 4.48. The van der Waals surface area contributed by atoms with E-state index in [4.69, 9.17) is 4.74 Å². The highest BCUT2D eigenvalue weighted by molar-refractivity contribution is 5.95. The van der Waals surface area contributed by atoms with E-state index in [-0.39, 0.29) is 12.8 Å². The molecule has 1 amide bonds. The predicted molar refractivity (Wildman–Crippen MR) is 64.9 cm³/mol. The van der Waals surface area contributed by atoms with Crippen LogP contribution in [0.25, 0.3) is 0 Å². The summed E-state index contributed by atoms with van der Waals surface area (Å²) >= 11 is 0. The normalized spacial score (nSPS) is 19.9. The summed E-state index contributed by atoms with van der Waals surface area (Å²) in [4.78, 5) is 21.9. The molecule has 1 saturated heterocycles. The van der Waals surface area contributed by atoms with Crippen molar-refractivity contribution in [3.05, 3.63) is 35.9 Å². The Labute approximate surface area is 110 Å². The first-order chi connectivity index (χ1) is 9.15. The number of aliphatic hydroxyl groups is 1. The molecule has 2 atom stereocenters. The van der Waals surface area contributed by atoms with Crippen molar-refractivity contribution in [1.82, 2.24) is 5.32 Å². The number of cyclic esters (lactones) is 2. The SMILES string of the molecule is O=C1NC(CCC(O)OCc2ccccc2)C(=O)O1. The van der Waals surface area contributed by atoms with Gasteiger partial charge in [0.25, 0.3) is 0 Å². The van der Waals surface area contributed by atoms with Gasteiger partial charge in [0.05, 0.1) is 6.61 Å². The number of hydrogen-bond donors (Lipinski definition) is 2. The molecule has 6 heteroatoms. The molecule has 0 spiro atoms. The van der Waals surface area contributed by atoms with E-state index in [1.807, 2.05) is 30.3 Å². The van der Waals surface area contributed by atoms with E-state index in [1.165, 1.54) is 0 Å². The van der Waals surface area contributed by atoms with Gasteiger partial charge in [0, 0.05) is 6.42 Å². The number of alkyl carbamates (subject to hydrolysis) is 1. The fraction of sp³-hybridized carbons (Fsp3) is 0.385. The predicted octanol–water partition coefficient (Wildman–Crippen LogP) is 0.937. The lowest BCUT2D eigenvalue weighted by molar-refractivity contribution is -0.136. The minimum absolute atomic E-state index is 0.243. The van der Waals surface area contributed by atoms with Crippen molar-refractivity contribution in [3.63, 3.8) is 0 Å². The van der Waals surface area contributed by atoms with Crippen molar-refractivity contribution in [3.8, 4) is 0 Å². The first kappa shape index (κ1) is 13.5. The summed E-state index contributed by atoms with van der Waals surface area (Å²) in [6.07, 6.45) is -1.20. The third kappa shape index (κ3) is 4.04. The zero-order valence-electron chi connectivity index (χ0n) is 10.2. The molecule has 102 valence electrons. The maximum Gasteiger partial charge on any atom is 0.415 e. The molecule has 1 fully saturated rings. The van der Waals surface area contributed by atoms with E-state index >= 15 is 0 Å². The summed E-state index contributed by atoms with van der Waals surface area (Å²) in [5, 5.41) is 12.0. The summed E-state index contributed by atoms with van der Waals surface area (Å²) in [5.41, 5.74) is 0.954. The third-order valence-corrected chi connectivity index (χ3v) is 2.76.